The van der Waals surface area contributed by atoms with Gasteiger partial charge in [0.25, 0.3) is 10.0 Å². The molecule has 104 valence electrons. The fourth-order valence-corrected chi connectivity index (χ4v) is 3.04. The topological polar surface area (TPSA) is 86.3 Å². The van der Waals surface area contributed by atoms with Gasteiger partial charge in [-0.05, 0) is 30.3 Å². The third-order valence-electron chi connectivity index (χ3n) is 2.49. The third-order valence-corrected chi connectivity index (χ3v) is 4.56. The Hall–Kier alpha value is -1.86. The molecular weight excluding hydrogens is 346 g/mol. The van der Waals surface area contributed by atoms with Crippen LogP contribution in [0.3, 0.4) is 0 Å². The first-order valence-electron chi connectivity index (χ1n) is 5.49. The largest absolute Gasteiger partial charge is 0.545 e. The normalized spacial score (nSPS) is 11.1. The van der Waals surface area contributed by atoms with Crippen molar-refractivity contribution in [3.8, 4) is 0 Å². The van der Waals surface area contributed by atoms with Gasteiger partial charge in [0.15, 0.2) is 0 Å². The van der Waals surface area contributed by atoms with Gasteiger partial charge in [-0.25, -0.2) is 8.42 Å². The van der Waals surface area contributed by atoms with E-state index in [2.05, 4.69) is 20.7 Å². The SMILES string of the molecule is O=C([O-])c1cc(S(=O)(=O)Nc2ccccc2)ccc1Br. The predicted molar refractivity (Wildman–Crippen MR) is 75.7 cm³/mol. The highest BCUT2D eigenvalue weighted by Crippen LogP contribution is 2.22. The third kappa shape index (κ3) is 3.17. The molecule has 0 spiro atoms. The number of sulfonamides is 1. The van der Waals surface area contributed by atoms with Crippen LogP contribution in [0.5, 0.6) is 0 Å². The van der Waals surface area contributed by atoms with Gasteiger partial charge in [0.05, 0.1) is 10.9 Å². The van der Waals surface area contributed by atoms with Crippen LogP contribution in [0, 0.1) is 0 Å². The summed E-state index contributed by atoms with van der Waals surface area (Å²) in [5.41, 5.74) is 0.173. The van der Waals surface area contributed by atoms with Crippen LogP contribution in [0.15, 0.2) is 57.9 Å². The number of hydrogen-bond donors (Lipinski definition) is 1. The molecule has 0 aliphatic carbocycles. The van der Waals surface area contributed by atoms with Crippen LogP contribution in [0.1, 0.15) is 10.4 Å². The molecule has 7 heteroatoms. The molecule has 0 atom stereocenters. The van der Waals surface area contributed by atoms with Gasteiger partial charge >= 0.3 is 0 Å². The van der Waals surface area contributed by atoms with E-state index in [1.54, 1.807) is 30.3 Å². The zero-order chi connectivity index (χ0) is 14.8. The van der Waals surface area contributed by atoms with E-state index in [9.17, 15) is 18.3 Å². The lowest BCUT2D eigenvalue weighted by atomic mass is 10.2. The van der Waals surface area contributed by atoms with Gasteiger partial charge in [0.1, 0.15) is 0 Å². The van der Waals surface area contributed by atoms with Gasteiger partial charge in [-0.1, -0.05) is 34.1 Å². The van der Waals surface area contributed by atoms with Crippen LogP contribution in [-0.4, -0.2) is 14.4 Å². The number of carboxylic acids is 1. The van der Waals surface area contributed by atoms with Crippen molar-refractivity contribution in [1.82, 2.24) is 0 Å². The molecule has 0 aliphatic rings. The van der Waals surface area contributed by atoms with E-state index in [1.165, 1.54) is 12.1 Å². The summed E-state index contributed by atoms with van der Waals surface area (Å²) in [6.45, 7) is 0. The van der Waals surface area contributed by atoms with Crippen LogP contribution < -0.4 is 9.83 Å². The van der Waals surface area contributed by atoms with E-state index in [0.29, 0.717) is 5.69 Å². The summed E-state index contributed by atoms with van der Waals surface area (Å²) >= 11 is 3.03. The Balaban J connectivity index is 2.40. The number of nitrogens with one attached hydrogen (secondary N) is 1. The number of carbonyl (C=O) groups is 1. The Morgan fingerprint density at radius 2 is 1.75 bits per heavy atom. The van der Waals surface area contributed by atoms with Crippen molar-refractivity contribution in [2.45, 2.75) is 4.90 Å². The van der Waals surface area contributed by atoms with E-state index >= 15 is 0 Å². The van der Waals surface area contributed by atoms with Crippen molar-refractivity contribution in [3.63, 3.8) is 0 Å². The summed E-state index contributed by atoms with van der Waals surface area (Å²) in [5.74, 6) is -1.45. The monoisotopic (exact) mass is 354 g/mol. The molecule has 2 aromatic carbocycles. The molecular formula is C13H9BrNO4S-. The first-order valence-corrected chi connectivity index (χ1v) is 7.76. The van der Waals surface area contributed by atoms with Gasteiger partial charge in [0.2, 0.25) is 0 Å². The zero-order valence-electron chi connectivity index (χ0n) is 10.0. The number of halogens is 1. The van der Waals surface area contributed by atoms with Crippen molar-refractivity contribution >= 4 is 37.6 Å². The smallest absolute Gasteiger partial charge is 0.261 e. The average Bonchev–Trinajstić information content (AvgIpc) is 2.39. The van der Waals surface area contributed by atoms with Crippen molar-refractivity contribution < 1.29 is 18.3 Å². The minimum atomic E-state index is -3.85. The first-order chi connectivity index (χ1) is 9.40. The van der Waals surface area contributed by atoms with Crippen LogP contribution in [0.4, 0.5) is 5.69 Å². The molecule has 0 bridgehead atoms. The van der Waals surface area contributed by atoms with Crippen LogP contribution in [0.25, 0.3) is 0 Å². The molecule has 0 aliphatic heterocycles. The summed E-state index contributed by atoms with van der Waals surface area (Å²) < 4.78 is 26.9. The minimum Gasteiger partial charge on any atom is -0.545 e. The van der Waals surface area contributed by atoms with Crippen molar-refractivity contribution in [2.24, 2.45) is 0 Å². The molecule has 1 N–H and O–H groups in total. The second-order valence-electron chi connectivity index (χ2n) is 3.90. The summed E-state index contributed by atoms with van der Waals surface area (Å²) in [6, 6.07) is 12.0. The molecule has 0 aromatic heterocycles. The zero-order valence-corrected chi connectivity index (χ0v) is 12.4. The Morgan fingerprint density at radius 1 is 1.10 bits per heavy atom. The summed E-state index contributed by atoms with van der Waals surface area (Å²) in [6.07, 6.45) is 0. The molecule has 0 fully saturated rings. The van der Waals surface area contributed by atoms with Gasteiger partial charge in [-0.15, -0.1) is 0 Å². The predicted octanol–water partition coefficient (Wildman–Crippen LogP) is 1.61. The highest BCUT2D eigenvalue weighted by Gasteiger charge is 2.16. The lowest BCUT2D eigenvalue weighted by Gasteiger charge is -2.11. The highest BCUT2D eigenvalue weighted by molar-refractivity contribution is 9.10. The Kier molecular flexibility index (Phi) is 4.10. The fraction of sp³-hybridized carbons (Fsp3) is 0. The van der Waals surface area contributed by atoms with E-state index < -0.39 is 16.0 Å². The van der Waals surface area contributed by atoms with E-state index in [0.717, 1.165) is 6.07 Å². The maximum absolute atomic E-state index is 12.1. The molecule has 0 heterocycles. The van der Waals surface area contributed by atoms with E-state index in [1.807, 2.05) is 0 Å². The lowest BCUT2D eigenvalue weighted by Crippen LogP contribution is -2.23. The standard InChI is InChI=1S/C13H10BrNO4S/c14-12-7-6-10(8-11(12)13(16)17)20(18,19)15-9-4-2-1-3-5-9/h1-8,15H,(H,16,17)/p-1. The maximum atomic E-state index is 12.1. The number of benzene rings is 2. The number of hydrogen-bond acceptors (Lipinski definition) is 4. The van der Waals surface area contributed by atoms with Crippen molar-refractivity contribution in [2.75, 3.05) is 4.72 Å². The number of para-hydroxylation sites is 1. The van der Waals surface area contributed by atoms with Gasteiger partial charge in [-0.2, -0.15) is 0 Å². The Bertz CT molecular complexity index is 744. The molecule has 0 amide bonds. The second kappa shape index (κ2) is 5.64. The highest BCUT2D eigenvalue weighted by atomic mass is 79.9. The van der Waals surface area contributed by atoms with E-state index in [-0.39, 0.29) is 14.9 Å². The number of anilines is 1. The molecule has 20 heavy (non-hydrogen) atoms. The minimum absolute atomic E-state index is 0.149. The average molecular weight is 355 g/mol. The summed E-state index contributed by atoms with van der Waals surface area (Å²) in [4.78, 5) is 10.8. The summed E-state index contributed by atoms with van der Waals surface area (Å²) in [5, 5.41) is 10.9. The first kappa shape index (κ1) is 14.5. The number of carbonyl (C=O) groups excluding carboxylic acids is 1. The maximum Gasteiger partial charge on any atom is 0.261 e. The van der Waals surface area contributed by atoms with Gasteiger partial charge in [-0.3, -0.25) is 4.72 Å². The molecule has 2 rings (SSSR count). The summed E-state index contributed by atoms with van der Waals surface area (Å²) in [7, 11) is -3.85. The van der Waals surface area contributed by atoms with E-state index in [4.69, 9.17) is 0 Å². The molecule has 5 nitrogen and oxygen atoms in total. The molecule has 0 saturated carbocycles. The number of aromatic carboxylic acids is 1. The Morgan fingerprint density at radius 3 is 2.35 bits per heavy atom. The van der Waals surface area contributed by atoms with Gasteiger partial charge in [0, 0.05) is 15.7 Å². The lowest BCUT2D eigenvalue weighted by molar-refractivity contribution is -0.255. The van der Waals surface area contributed by atoms with Crippen LogP contribution in [-0.2, 0) is 10.0 Å². The molecule has 0 unspecified atom stereocenters. The Labute approximate surface area is 124 Å². The molecule has 0 saturated heterocycles. The van der Waals surface area contributed by atoms with Crippen LogP contribution in [0.2, 0.25) is 0 Å². The van der Waals surface area contributed by atoms with Crippen molar-refractivity contribution in [3.05, 3.63) is 58.6 Å². The molecule has 2 aromatic rings. The number of carboxylic acid groups (broad SMARTS) is 1. The fourth-order valence-electron chi connectivity index (χ4n) is 1.55. The second-order valence-corrected chi connectivity index (χ2v) is 6.44. The van der Waals surface area contributed by atoms with Crippen LogP contribution >= 0.6 is 15.9 Å². The number of rotatable bonds is 4. The molecule has 0 radical (unpaired) electrons. The van der Waals surface area contributed by atoms with Gasteiger partial charge < -0.3 is 9.90 Å². The quantitative estimate of drug-likeness (QED) is 0.903. The van der Waals surface area contributed by atoms with Crippen molar-refractivity contribution in [1.29, 1.82) is 0 Å².